The highest BCUT2D eigenvalue weighted by atomic mass is 32.2. The van der Waals surface area contributed by atoms with E-state index in [2.05, 4.69) is 18.4 Å². The van der Waals surface area contributed by atoms with Gasteiger partial charge >= 0.3 is 0 Å². The lowest BCUT2D eigenvalue weighted by Gasteiger charge is -1.89. The molecule has 0 bridgehead atoms. The Kier molecular flexibility index (Phi) is 5.34. The highest BCUT2D eigenvalue weighted by Crippen LogP contribution is 2.11. The van der Waals surface area contributed by atoms with Crippen molar-refractivity contribution in [2.24, 2.45) is 0 Å². The largest absolute Gasteiger partial charge is 0.130 e. The van der Waals surface area contributed by atoms with E-state index in [1.54, 1.807) is 11.8 Å². The van der Waals surface area contributed by atoms with Crippen LogP contribution >= 0.6 is 11.8 Å². The summed E-state index contributed by atoms with van der Waals surface area (Å²) in [6.07, 6.45) is 2.08. The molecule has 1 rings (SSSR count). The highest BCUT2D eigenvalue weighted by Gasteiger charge is 1.80. The number of hydrogen-bond acceptors (Lipinski definition) is 1. The van der Waals surface area contributed by atoms with Crippen LogP contribution < -0.4 is 0 Å². The molecule has 0 aromatic heterocycles. The van der Waals surface area contributed by atoms with Gasteiger partial charge in [0.25, 0.3) is 0 Å². The number of rotatable bonds is 1. The normalized spacial score (nSPS) is 8.11. The van der Waals surface area contributed by atoms with Gasteiger partial charge in [0.1, 0.15) is 0 Å². The summed E-state index contributed by atoms with van der Waals surface area (Å²) in [7, 11) is 0. The molecule has 44 valence electrons. The average Bonchev–Trinajstić information content (AvgIpc) is 1.90. The van der Waals surface area contributed by atoms with Crippen LogP contribution in [0.15, 0.2) is 35.2 Å². The summed E-state index contributed by atoms with van der Waals surface area (Å²) in [4.78, 5) is 1.33. The van der Waals surface area contributed by atoms with Crippen LogP contribution in [0.2, 0.25) is 0 Å². The van der Waals surface area contributed by atoms with Gasteiger partial charge < -0.3 is 0 Å². The molecule has 0 spiro atoms. The first-order valence-electron chi connectivity index (χ1n) is 2.52. The Morgan fingerprint density at radius 3 is 2.00 bits per heavy atom. The van der Waals surface area contributed by atoms with E-state index in [0.29, 0.717) is 0 Å². The zero-order valence-corrected chi connectivity index (χ0v) is 7.73. The van der Waals surface area contributed by atoms with Gasteiger partial charge in [-0.1, -0.05) is 18.2 Å². The maximum absolute atomic E-state index is 2.10. The molecule has 0 aliphatic carbocycles. The lowest BCUT2D eigenvalue weighted by Crippen LogP contribution is -1.62. The zero-order chi connectivity index (χ0) is 5.82. The smallest absolute Gasteiger partial charge is 0.00691 e. The maximum Gasteiger partial charge on any atom is 0.00691 e. The predicted octanol–water partition coefficient (Wildman–Crippen LogP) is 2.03. The third-order valence-corrected chi connectivity index (χ3v) is 1.72. The average molecular weight is 149 g/mol. The molecule has 0 unspecified atom stereocenters. The second-order valence-corrected chi connectivity index (χ2v) is 2.40. The number of hydrogen-bond donors (Lipinski definition) is 0. The molecule has 0 atom stereocenters. The minimum Gasteiger partial charge on any atom is -0.130 e. The molecule has 1 aromatic rings. The van der Waals surface area contributed by atoms with Crippen LogP contribution in [0.4, 0.5) is 0 Å². The first-order chi connectivity index (χ1) is 3.93. The van der Waals surface area contributed by atoms with Crippen LogP contribution in [-0.4, -0.2) is 29.3 Å². The predicted molar refractivity (Wildman–Crippen MR) is 44.0 cm³/mol. The Morgan fingerprint density at radius 2 is 1.67 bits per heavy atom. The van der Waals surface area contributed by atoms with Crippen molar-refractivity contribution in [3.63, 3.8) is 0 Å². The Labute approximate surface area is 76.2 Å². The standard InChI is InChI=1S/C7H8S.Mg/c1-8-7-5-3-2-4-6-7;/h2-6H,1H3;. The number of benzene rings is 1. The van der Waals surface area contributed by atoms with Gasteiger partial charge in [0.2, 0.25) is 0 Å². The quantitative estimate of drug-likeness (QED) is 0.434. The summed E-state index contributed by atoms with van der Waals surface area (Å²) in [5.74, 6) is 0. The summed E-state index contributed by atoms with van der Waals surface area (Å²) < 4.78 is 0. The SMILES string of the molecule is CSc1ccccc1.[Mg]. The van der Waals surface area contributed by atoms with Crippen LogP contribution in [0, 0.1) is 0 Å². The minimum absolute atomic E-state index is 0. The third-order valence-electron chi connectivity index (χ3n) is 0.979. The van der Waals surface area contributed by atoms with E-state index < -0.39 is 0 Å². The van der Waals surface area contributed by atoms with Gasteiger partial charge in [0.05, 0.1) is 0 Å². The second kappa shape index (κ2) is 5.15. The first-order valence-corrected chi connectivity index (χ1v) is 3.75. The molecule has 2 heteroatoms. The van der Waals surface area contributed by atoms with E-state index in [0.717, 1.165) is 0 Å². The van der Waals surface area contributed by atoms with Crippen LogP contribution in [0.25, 0.3) is 0 Å². The van der Waals surface area contributed by atoms with Crippen molar-refractivity contribution in [2.75, 3.05) is 6.26 Å². The van der Waals surface area contributed by atoms with E-state index in [9.17, 15) is 0 Å². The fourth-order valence-corrected chi connectivity index (χ4v) is 0.986. The molecule has 2 radical (unpaired) electrons. The molecule has 1 aromatic carbocycles. The fraction of sp³-hybridized carbons (Fsp3) is 0.143. The Morgan fingerprint density at radius 1 is 1.11 bits per heavy atom. The van der Waals surface area contributed by atoms with E-state index >= 15 is 0 Å². The van der Waals surface area contributed by atoms with E-state index in [-0.39, 0.29) is 23.1 Å². The zero-order valence-electron chi connectivity index (χ0n) is 5.50. The Hall–Kier alpha value is 0.336. The lowest BCUT2D eigenvalue weighted by atomic mass is 10.4. The van der Waals surface area contributed by atoms with Crippen molar-refractivity contribution >= 4 is 34.8 Å². The topological polar surface area (TPSA) is 0 Å². The van der Waals surface area contributed by atoms with Crippen LogP contribution in [0.1, 0.15) is 0 Å². The summed E-state index contributed by atoms with van der Waals surface area (Å²) in [6.45, 7) is 0. The summed E-state index contributed by atoms with van der Waals surface area (Å²) in [6, 6.07) is 10.3. The Balaban J connectivity index is 0.000000640. The van der Waals surface area contributed by atoms with Crippen molar-refractivity contribution in [2.45, 2.75) is 4.90 Å². The maximum atomic E-state index is 2.10. The molecule has 0 saturated carbocycles. The van der Waals surface area contributed by atoms with Gasteiger partial charge in [-0.3, -0.25) is 0 Å². The molecule has 9 heavy (non-hydrogen) atoms. The molecule has 0 heterocycles. The molecule has 0 saturated heterocycles. The molecule has 0 amide bonds. The van der Waals surface area contributed by atoms with Crippen LogP contribution in [-0.2, 0) is 0 Å². The molecular weight excluding hydrogens is 140 g/mol. The van der Waals surface area contributed by atoms with Gasteiger partial charge in [-0.05, 0) is 18.4 Å². The third kappa shape index (κ3) is 3.13. The monoisotopic (exact) mass is 148 g/mol. The summed E-state index contributed by atoms with van der Waals surface area (Å²) >= 11 is 1.77. The lowest BCUT2D eigenvalue weighted by molar-refractivity contribution is 1.47. The summed E-state index contributed by atoms with van der Waals surface area (Å²) in [5, 5.41) is 0. The van der Waals surface area contributed by atoms with Crippen LogP contribution in [0.5, 0.6) is 0 Å². The van der Waals surface area contributed by atoms with E-state index in [1.807, 2.05) is 18.2 Å². The minimum atomic E-state index is 0. The van der Waals surface area contributed by atoms with Gasteiger partial charge in [-0.15, -0.1) is 11.8 Å². The molecule has 0 aliphatic heterocycles. The van der Waals surface area contributed by atoms with Crippen molar-refractivity contribution < 1.29 is 0 Å². The van der Waals surface area contributed by atoms with E-state index in [1.165, 1.54) is 4.90 Å². The van der Waals surface area contributed by atoms with Crippen molar-refractivity contribution in [1.82, 2.24) is 0 Å². The molecule has 0 nitrogen and oxygen atoms in total. The highest BCUT2D eigenvalue weighted by molar-refractivity contribution is 7.98. The molecule has 0 aliphatic rings. The van der Waals surface area contributed by atoms with E-state index in [4.69, 9.17) is 0 Å². The van der Waals surface area contributed by atoms with Gasteiger partial charge in [0.15, 0.2) is 0 Å². The second-order valence-electron chi connectivity index (χ2n) is 1.52. The van der Waals surface area contributed by atoms with Crippen molar-refractivity contribution in [3.8, 4) is 0 Å². The van der Waals surface area contributed by atoms with Crippen LogP contribution in [0.3, 0.4) is 0 Å². The van der Waals surface area contributed by atoms with Gasteiger partial charge in [-0.2, -0.15) is 0 Å². The van der Waals surface area contributed by atoms with Gasteiger partial charge in [-0.25, -0.2) is 0 Å². The Bertz CT molecular complexity index is 150. The van der Waals surface area contributed by atoms with Crippen molar-refractivity contribution in [1.29, 1.82) is 0 Å². The molecule has 0 N–H and O–H groups in total. The summed E-state index contributed by atoms with van der Waals surface area (Å²) in [5.41, 5.74) is 0. The fourth-order valence-electron chi connectivity index (χ4n) is 0.557. The molecular formula is C7H8MgS. The number of thioether (sulfide) groups is 1. The van der Waals surface area contributed by atoms with Crippen molar-refractivity contribution in [3.05, 3.63) is 30.3 Å². The molecule has 0 fully saturated rings. The van der Waals surface area contributed by atoms with Gasteiger partial charge in [0, 0.05) is 27.9 Å². The first kappa shape index (κ1) is 9.34.